The molecule has 2 aromatic heterocycles. The van der Waals surface area contributed by atoms with E-state index < -0.39 is 0 Å². The molecule has 3 heterocycles. The van der Waals surface area contributed by atoms with Crippen molar-refractivity contribution < 1.29 is 4.79 Å². The average Bonchev–Trinajstić information content (AvgIpc) is 3.21. The van der Waals surface area contributed by atoms with Crippen LogP contribution in [0.4, 0.5) is 5.13 Å². The second-order valence-corrected chi connectivity index (χ2v) is 7.45. The molecule has 0 bridgehead atoms. The van der Waals surface area contributed by atoms with Crippen LogP contribution < -0.4 is 5.32 Å². The van der Waals surface area contributed by atoms with Crippen LogP contribution >= 0.6 is 11.3 Å². The van der Waals surface area contributed by atoms with Crippen molar-refractivity contribution in [3.8, 4) is 0 Å². The van der Waals surface area contributed by atoms with Crippen molar-refractivity contribution in [2.24, 2.45) is 0 Å². The van der Waals surface area contributed by atoms with Gasteiger partial charge in [0.25, 0.3) is 0 Å². The molecule has 1 aromatic carbocycles. The minimum atomic E-state index is 0.00471. The molecule has 26 heavy (non-hydrogen) atoms. The molecule has 1 saturated heterocycles. The largest absolute Gasteiger partial charge is 0.341 e. The first-order valence-electron chi connectivity index (χ1n) is 8.76. The zero-order chi connectivity index (χ0) is 17.9. The third-order valence-corrected chi connectivity index (χ3v) is 5.38. The number of fused-ring (bicyclic) bond motifs is 1. The normalized spacial score (nSPS) is 16.2. The predicted octanol–water partition coefficient (Wildman–Crippen LogP) is 2.08. The van der Waals surface area contributed by atoms with Crippen molar-refractivity contribution >= 4 is 33.4 Å². The molecule has 0 atom stereocenters. The summed E-state index contributed by atoms with van der Waals surface area (Å²) in [4.78, 5) is 29.0. The Hall–Kier alpha value is -2.29. The van der Waals surface area contributed by atoms with Crippen LogP contribution in [-0.2, 0) is 11.3 Å². The minimum Gasteiger partial charge on any atom is -0.341 e. The van der Waals surface area contributed by atoms with Gasteiger partial charge in [0, 0.05) is 31.6 Å². The second kappa shape index (κ2) is 7.53. The monoisotopic (exact) mass is 370 g/mol. The summed E-state index contributed by atoms with van der Waals surface area (Å²) >= 11 is 1.46. The van der Waals surface area contributed by atoms with Gasteiger partial charge in [0.1, 0.15) is 5.82 Å². The first-order valence-corrected chi connectivity index (χ1v) is 9.64. The number of imidazole rings is 1. The zero-order valence-electron chi connectivity index (χ0n) is 14.7. The van der Waals surface area contributed by atoms with Gasteiger partial charge in [0.05, 0.1) is 29.8 Å². The number of piperazine rings is 1. The molecule has 0 aliphatic carbocycles. The molecule has 1 aliphatic rings. The summed E-state index contributed by atoms with van der Waals surface area (Å²) < 4.78 is 0. The molecule has 7 nitrogen and oxygen atoms in total. The lowest BCUT2D eigenvalue weighted by Gasteiger charge is -2.33. The number of aromatic amines is 1. The number of rotatable bonds is 5. The fraction of sp³-hybridized carbons (Fsp3) is 0.389. The quantitative estimate of drug-likeness (QED) is 0.719. The van der Waals surface area contributed by atoms with E-state index >= 15 is 0 Å². The molecule has 1 fully saturated rings. The van der Waals surface area contributed by atoms with Crippen LogP contribution in [0.15, 0.2) is 29.6 Å². The molecule has 4 rings (SSSR count). The number of hydrogen-bond acceptors (Lipinski definition) is 6. The summed E-state index contributed by atoms with van der Waals surface area (Å²) in [7, 11) is 0. The van der Waals surface area contributed by atoms with Crippen LogP contribution in [0.2, 0.25) is 0 Å². The summed E-state index contributed by atoms with van der Waals surface area (Å²) in [5.74, 6) is 1.00. The number of aromatic nitrogens is 3. The SMILES string of the molecule is Cc1csc(NC(=O)CN2CCN(Cc3nc4ccccc4[nH]3)CC2)n1. The Labute approximate surface area is 156 Å². The Morgan fingerprint density at radius 1 is 1.19 bits per heavy atom. The number of anilines is 1. The van der Waals surface area contributed by atoms with E-state index in [1.807, 2.05) is 36.6 Å². The molecule has 0 saturated carbocycles. The van der Waals surface area contributed by atoms with Gasteiger partial charge >= 0.3 is 0 Å². The number of nitrogens with zero attached hydrogens (tertiary/aromatic N) is 4. The number of aryl methyl sites for hydroxylation is 1. The number of amides is 1. The number of carbonyl (C=O) groups excluding carboxylic acids is 1. The van der Waals surface area contributed by atoms with Gasteiger partial charge in [-0.15, -0.1) is 11.3 Å². The molecular weight excluding hydrogens is 348 g/mol. The van der Waals surface area contributed by atoms with Crippen LogP contribution in [-0.4, -0.2) is 63.4 Å². The van der Waals surface area contributed by atoms with Crippen molar-refractivity contribution in [3.63, 3.8) is 0 Å². The molecule has 0 radical (unpaired) electrons. The smallest absolute Gasteiger partial charge is 0.240 e. The topological polar surface area (TPSA) is 77.2 Å². The van der Waals surface area contributed by atoms with Gasteiger partial charge in [-0.25, -0.2) is 9.97 Å². The Kier molecular flexibility index (Phi) is 4.96. The highest BCUT2D eigenvalue weighted by atomic mass is 32.1. The lowest BCUT2D eigenvalue weighted by molar-refractivity contribution is -0.117. The van der Waals surface area contributed by atoms with Crippen molar-refractivity contribution in [3.05, 3.63) is 41.2 Å². The van der Waals surface area contributed by atoms with Crippen molar-refractivity contribution in [1.29, 1.82) is 0 Å². The van der Waals surface area contributed by atoms with E-state index in [1.54, 1.807) is 0 Å². The maximum atomic E-state index is 12.1. The molecule has 8 heteroatoms. The molecule has 136 valence electrons. The standard InChI is InChI=1S/C18H22N6OS/c1-13-12-26-18(19-13)22-17(25)11-24-8-6-23(7-9-24)10-16-20-14-4-2-3-5-15(14)21-16/h2-5,12H,6-11H2,1H3,(H,20,21)(H,19,22,25). The lowest BCUT2D eigenvalue weighted by atomic mass is 10.3. The highest BCUT2D eigenvalue weighted by Gasteiger charge is 2.20. The molecule has 1 aliphatic heterocycles. The Morgan fingerprint density at radius 2 is 1.96 bits per heavy atom. The Bertz CT molecular complexity index is 863. The molecule has 0 unspecified atom stereocenters. The lowest BCUT2D eigenvalue weighted by Crippen LogP contribution is -2.48. The van der Waals surface area contributed by atoms with E-state index in [0.29, 0.717) is 11.7 Å². The van der Waals surface area contributed by atoms with Gasteiger partial charge in [0.15, 0.2) is 5.13 Å². The summed E-state index contributed by atoms with van der Waals surface area (Å²) in [5.41, 5.74) is 3.02. The first-order chi connectivity index (χ1) is 12.7. The number of nitrogens with one attached hydrogen (secondary N) is 2. The van der Waals surface area contributed by atoms with Crippen LogP contribution in [0.25, 0.3) is 11.0 Å². The average molecular weight is 370 g/mol. The van der Waals surface area contributed by atoms with E-state index in [9.17, 15) is 4.79 Å². The number of thiazole rings is 1. The minimum absolute atomic E-state index is 0.00471. The van der Waals surface area contributed by atoms with Crippen molar-refractivity contribution in [1.82, 2.24) is 24.8 Å². The summed E-state index contributed by atoms with van der Waals surface area (Å²) in [6, 6.07) is 8.09. The summed E-state index contributed by atoms with van der Waals surface area (Å²) in [6.45, 7) is 6.77. The maximum Gasteiger partial charge on any atom is 0.240 e. The van der Waals surface area contributed by atoms with E-state index in [0.717, 1.165) is 55.3 Å². The van der Waals surface area contributed by atoms with E-state index in [4.69, 9.17) is 0 Å². The Morgan fingerprint density at radius 3 is 2.69 bits per heavy atom. The summed E-state index contributed by atoms with van der Waals surface area (Å²) in [6.07, 6.45) is 0. The molecule has 3 aromatic rings. The van der Waals surface area contributed by atoms with E-state index in [2.05, 4.69) is 30.1 Å². The second-order valence-electron chi connectivity index (χ2n) is 6.60. The van der Waals surface area contributed by atoms with Crippen molar-refractivity contribution in [2.75, 3.05) is 38.0 Å². The summed E-state index contributed by atoms with van der Waals surface area (Å²) in [5, 5.41) is 5.49. The molecular formula is C18H22N6OS. The van der Waals surface area contributed by atoms with E-state index in [-0.39, 0.29) is 5.91 Å². The Balaban J connectivity index is 1.25. The maximum absolute atomic E-state index is 12.1. The number of para-hydroxylation sites is 2. The predicted molar refractivity (Wildman–Crippen MR) is 103 cm³/mol. The van der Waals surface area contributed by atoms with Crippen LogP contribution in [0.1, 0.15) is 11.5 Å². The third kappa shape index (κ3) is 4.09. The number of carbonyl (C=O) groups is 1. The highest BCUT2D eigenvalue weighted by Crippen LogP contribution is 2.15. The van der Waals surface area contributed by atoms with Crippen LogP contribution in [0.5, 0.6) is 0 Å². The fourth-order valence-corrected chi connectivity index (χ4v) is 3.88. The van der Waals surface area contributed by atoms with Crippen LogP contribution in [0, 0.1) is 6.92 Å². The number of benzene rings is 1. The fourth-order valence-electron chi connectivity index (χ4n) is 3.17. The van der Waals surface area contributed by atoms with Gasteiger partial charge in [-0.3, -0.25) is 14.6 Å². The number of H-pyrrole nitrogens is 1. The zero-order valence-corrected chi connectivity index (χ0v) is 15.6. The molecule has 1 amide bonds. The van der Waals surface area contributed by atoms with Gasteiger partial charge in [-0.05, 0) is 19.1 Å². The van der Waals surface area contributed by atoms with Gasteiger partial charge in [-0.1, -0.05) is 12.1 Å². The third-order valence-electron chi connectivity index (χ3n) is 4.51. The van der Waals surface area contributed by atoms with Gasteiger partial charge < -0.3 is 10.3 Å². The first kappa shape index (κ1) is 17.1. The number of hydrogen-bond donors (Lipinski definition) is 2. The molecule has 2 N–H and O–H groups in total. The van der Waals surface area contributed by atoms with E-state index in [1.165, 1.54) is 11.3 Å². The van der Waals surface area contributed by atoms with Crippen LogP contribution in [0.3, 0.4) is 0 Å². The van der Waals surface area contributed by atoms with Crippen molar-refractivity contribution in [2.45, 2.75) is 13.5 Å². The molecule has 0 spiro atoms. The van der Waals surface area contributed by atoms with Gasteiger partial charge in [-0.2, -0.15) is 0 Å². The highest BCUT2D eigenvalue weighted by molar-refractivity contribution is 7.13. The van der Waals surface area contributed by atoms with Gasteiger partial charge in [0.2, 0.25) is 5.91 Å².